The molecule has 0 saturated carbocycles. The van der Waals surface area contributed by atoms with E-state index in [4.69, 9.17) is 11.6 Å². The number of ether oxygens (including phenoxy) is 1. The Bertz CT molecular complexity index is 2130. The number of carbonyl (C=O) groups excluding carboxylic acids is 2. The molecule has 5 aromatic rings. The highest BCUT2D eigenvalue weighted by Crippen LogP contribution is 2.24. The number of H-pyrrole nitrogens is 1. The number of hydrogen-bond donors (Lipinski definition) is 3. The number of anilines is 1. The second kappa shape index (κ2) is 13.8. The van der Waals surface area contributed by atoms with Crippen LogP contribution in [0.25, 0.3) is 22.9 Å². The summed E-state index contributed by atoms with van der Waals surface area (Å²) in [5.74, 6) is -0.537. The first-order chi connectivity index (χ1) is 22.4. The van der Waals surface area contributed by atoms with E-state index in [1.54, 1.807) is 42.5 Å². The summed E-state index contributed by atoms with van der Waals surface area (Å²) >= 11 is 6.20. The lowest BCUT2D eigenvalue weighted by Gasteiger charge is -2.17. The van der Waals surface area contributed by atoms with Crippen LogP contribution in [0.3, 0.4) is 0 Å². The lowest BCUT2D eigenvalue weighted by atomic mass is 10.0. The lowest BCUT2D eigenvalue weighted by molar-refractivity contribution is -0.117. The number of aromatic nitrogens is 8. The maximum atomic E-state index is 13.3. The highest BCUT2D eigenvalue weighted by molar-refractivity contribution is 7.90. The van der Waals surface area contributed by atoms with Gasteiger partial charge in [-0.1, -0.05) is 23.7 Å². The Labute approximate surface area is 272 Å². The molecule has 2 aromatic carbocycles. The van der Waals surface area contributed by atoms with Crippen molar-refractivity contribution >= 4 is 45.2 Å². The maximum absolute atomic E-state index is 13.3. The summed E-state index contributed by atoms with van der Waals surface area (Å²) in [5, 5.41) is 28.0. The van der Waals surface area contributed by atoms with Gasteiger partial charge in [0.15, 0.2) is 14.9 Å². The van der Waals surface area contributed by atoms with Crippen LogP contribution in [-0.4, -0.2) is 74.0 Å². The van der Waals surface area contributed by atoms with E-state index in [1.807, 2.05) is 0 Å². The van der Waals surface area contributed by atoms with Crippen LogP contribution in [-0.2, 0) is 32.8 Å². The molecule has 0 aliphatic rings. The molecule has 16 nitrogen and oxygen atoms in total. The van der Waals surface area contributed by atoms with E-state index in [-0.39, 0.29) is 22.7 Å². The van der Waals surface area contributed by atoms with Crippen LogP contribution in [0.15, 0.2) is 76.8 Å². The predicted molar refractivity (Wildman–Crippen MR) is 170 cm³/mol. The quantitative estimate of drug-likeness (QED) is 0.183. The minimum Gasteiger partial charge on any atom is -0.453 e. The molecule has 5 rings (SSSR count). The van der Waals surface area contributed by atoms with E-state index < -0.39 is 33.4 Å². The van der Waals surface area contributed by atoms with E-state index in [1.165, 1.54) is 54.1 Å². The minimum absolute atomic E-state index is 0.00988. The van der Waals surface area contributed by atoms with Gasteiger partial charge in [0, 0.05) is 42.1 Å². The molecule has 0 aliphatic heterocycles. The number of benzene rings is 2. The Kier molecular flexibility index (Phi) is 9.57. The summed E-state index contributed by atoms with van der Waals surface area (Å²) in [5.41, 5.74) is 2.42. The number of nitrogens with one attached hydrogen (secondary N) is 3. The average molecular weight is 679 g/mol. The Hall–Kier alpha value is -5.68. The fourth-order valence-electron chi connectivity index (χ4n) is 4.63. The van der Waals surface area contributed by atoms with E-state index in [0.717, 1.165) is 6.26 Å². The third kappa shape index (κ3) is 7.95. The van der Waals surface area contributed by atoms with Crippen molar-refractivity contribution in [3.63, 3.8) is 0 Å². The fraction of sp³-hybridized carbons (Fsp3) is 0.172. The van der Waals surface area contributed by atoms with Crippen LogP contribution in [0.5, 0.6) is 0 Å². The number of nitrogens with zero attached hydrogens (tertiary/aromatic N) is 7. The Morgan fingerprint density at radius 3 is 2.55 bits per heavy atom. The number of carbonyl (C=O) groups is 2. The van der Waals surface area contributed by atoms with E-state index >= 15 is 0 Å². The molecule has 1 atom stereocenters. The van der Waals surface area contributed by atoms with Crippen molar-refractivity contribution in [1.29, 1.82) is 0 Å². The zero-order valence-electron chi connectivity index (χ0n) is 25.1. The van der Waals surface area contributed by atoms with Crippen molar-refractivity contribution in [1.82, 2.24) is 45.5 Å². The molecule has 1 unspecified atom stereocenters. The molecule has 242 valence electrons. The molecule has 0 spiro atoms. The van der Waals surface area contributed by atoms with Gasteiger partial charge < -0.3 is 10.1 Å². The van der Waals surface area contributed by atoms with Crippen LogP contribution >= 0.6 is 11.6 Å². The molecule has 0 aliphatic carbocycles. The van der Waals surface area contributed by atoms with Crippen molar-refractivity contribution in [3.05, 3.63) is 99.3 Å². The number of sulfone groups is 1. The molecule has 18 heteroatoms. The number of aryl methyl sites for hydroxylation is 1. The first kappa shape index (κ1) is 32.7. The number of aromatic amines is 1. The average Bonchev–Trinajstić information content (AvgIpc) is 3.70. The van der Waals surface area contributed by atoms with Crippen LogP contribution in [0.4, 0.5) is 10.5 Å². The molecule has 0 radical (unpaired) electrons. The normalized spacial score (nSPS) is 12.2. The topological polar surface area (TPSA) is 209 Å². The van der Waals surface area contributed by atoms with Crippen molar-refractivity contribution in [3.8, 4) is 16.8 Å². The highest BCUT2D eigenvalue weighted by Gasteiger charge is 2.22. The Morgan fingerprint density at radius 1 is 1.13 bits per heavy atom. The van der Waals surface area contributed by atoms with Gasteiger partial charge in [0.1, 0.15) is 6.33 Å². The molecular formula is C29H27ClN10O6S. The molecule has 0 bridgehead atoms. The van der Waals surface area contributed by atoms with Crippen molar-refractivity contribution in [2.45, 2.75) is 17.5 Å². The predicted octanol–water partition coefficient (Wildman–Crippen LogP) is 2.49. The first-order valence-electron chi connectivity index (χ1n) is 13.7. The molecule has 3 aromatic heterocycles. The number of halogens is 1. The summed E-state index contributed by atoms with van der Waals surface area (Å²) in [6.07, 6.45) is 4.66. The molecule has 47 heavy (non-hydrogen) atoms. The number of amides is 2. The van der Waals surface area contributed by atoms with Gasteiger partial charge in [-0.3, -0.25) is 19.6 Å². The molecule has 2 amide bonds. The van der Waals surface area contributed by atoms with Gasteiger partial charge in [-0.2, -0.15) is 14.9 Å². The zero-order valence-corrected chi connectivity index (χ0v) is 26.7. The summed E-state index contributed by atoms with van der Waals surface area (Å²) in [6, 6.07) is 13.5. The van der Waals surface area contributed by atoms with Gasteiger partial charge in [0.2, 0.25) is 5.91 Å². The van der Waals surface area contributed by atoms with Gasteiger partial charge in [-0.25, -0.2) is 18.3 Å². The van der Waals surface area contributed by atoms with Crippen LogP contribution in [0.2, 0.25) is 5.02 Å². The third-order valence-corrected chi connectivity index (χ3v) is 8.18. The zero-order chi connectivity index (χ0) is 33.7. The lowest BCUT2D eigenvalue weighted by Crippen LogP contribution is -2.30. The molecule has 0 saturated heterocycles. The first-order valence-corrected chi connectivity index (χ1v) is 16.0. The third-order valence-electron chi connectivity index (χ3n) is 6.80. The van der Waals surface area contributed by atoms with E-state index in [0.29, 0.717) is 33.2 Å². The van der Waals surface area contributed by atoms with Gasteiger partial charge in [0.25, 0.3) is 5.56 Å². The fourth-order valence-corrected chi connectivity index (χ4v) is 5.68. The van der Waals surface area contributed by atoms with Crippen LogP contribution in [0, 0.1) is 0 Å². The maximum Gasteiger partial charge on any atom is 0.411 e. The monoisotopic (exact) mass is 678 g/mol. The number of tetrazole rings is 1. The van der Waals surface area contributed by atoms with Crippen molar-refractivity contribution in [2.24, 2.45) is 7.05 Å². The summed E-state index contributed by atoms with van der Waals surface area (Å²) in [6.45, 7) is 0. The molecule has 0 fully saturated rings. The summed E-state index contributed by atoms with van der Waals surface area (Å²) < 4.78 is 31.8. The van der Waals surface area contributed by atoms with E-state index in [9.17, 15) is 22.8 Å². The molecule has 3 N–H and O–H groups in total. The van der Waals surface area contributed by atoms with E-state index in [2.05, 4.69) is 46.2 Å². The van der Waals surface area contributed by atoms with Gasteiger partial charge in [0.05, 0.1) is 35.8 Å². The van der Waals surface area contributed by atoms with Gasteiger partial charge in [-0.15, -0.1) is 5.10 Å². The van der Waals surface area contributed by atoms with Crippen LogP contribution in [0.1, 0.15) is 23.0 Å². The summed E-state index contributed by atoms with van der Waals surface area (Å²) in [7, 11) is -0.846. The van der Waals surface area contributed by atoms with Gasteiger partial charge in [-0.05, 0) is 64.5 Å². The number of rotatable bonds is 10. The second-order valence-electron chi connectivity index (χ2n) is 10.2. The highest BCUT2D eigenvalue weighted by atomic mass is 35.5. The van der Waals surface area contributed by atoms with Crippen molar-refractivity contribution < 1.29 is 22.7 Å². The van der Waals surface area contributed by atoms with Crippen LogP contribution < -0.4 is 16.2 Å². The Morgan fingerprint density at radius 2 is 1.89 bits per heavy atom. The Balaban J connectivity index is 1.48. The minimum atomic E-state index is -3.59. The number of hydrogen-bond acceptors (Lipinski definition) is 11. The smallest absolute Gasteiger partial charge is 0.411 e. The second-order valence-corrected chi connectivity index (χ2v) is 12.6. The molecular weight excluding hydrogens is 652 g/mol. The number of methoxy groups -OCH3 is 1. The van der Waals surface area contributed by atoms with Gasteiger partial charge >= 0.3 is 6.09 Å². The summed E-state index contributed by atoms with van der Waals surface area (Å²) in [4.78, 5) is 37.7. The van der Waals surface area contributed by atoms with Crippen molar-refractivity contribution in [2.75, 3.05) is 18.7 Å². The SMILES string of the molecule is COC(=O)Nc1ccc(-c2cc(C(Cc3cc(S(C)(=O)=O)n(C)n3)NC(=O)C=Cc3cc(Cl)ccc3-n3cnnn3)n[nH]c2=O)cc1. The standard InChI is InChI=1S/C29H27ClN10O6S/c1-39-27(47(3,44)45)14-21(36-39)13-23(33-26(41)11-6-18-12-19(30)7-10-25(18)40-16-31-37-38-40)24-15-22(28(42)35-34-24)17-4-8-20(9-5-17)32-29(43)46-2/h4-12,14-16,23H,13H2,1-3H3,(H,32,43)(H,33,41)(H,35,42). The molecule has 3 heterocycles. The largest absolute Gasteiger partial charge is 0.453 e.